The number of hydrogen-bond acceptors (Lipinski definition) is 8. The number of hydrogen-bond donors (Lipinski definition) is 2. The molecule has 45 heavy (non-hydrogen) atoms. The number of carbonyl (C=O) groups excluding carboxylic acids is 3. The van der Waals surface area contributed by atoms with E-state index >= 15 is 0 Å². The number of furan rings is 1. The molecule has 1 fully saturated rings. The molecule has 0 unspecified atom stereocenters. The van der Waals surface area contributed by atoms with Crippen LogP contribution in [-0.2, 0) is 9.47 Å². The molecule has 0 atom stereocenters. The molecule has 3 heterocycles. The Bertz CT molecular complexity index is 1700. The maximum absolute atomic E-state index is 13.4. The summed E-state index contributed by atoms with van der Waals surface area (Å²) in [5.41, 5.74) is 3.28. The summed E-state index contributed by atoms with van der Waals surface area (Å²) in [5, 5.41) is 6.46. The van der Waals surface area contributed by atoms with E-state index in [4.69, 9.17) is 13.9 Å². The first-order valence-electron chi connectivity index (χ1n) is 14.8. The van der Waals surface area contributed by atoms with E-state index in [9.17, 15) is 14.4 Å². The molecule has 1 aliphatic rings. The maximum atomic E-state index is 13.4. The fourth-order valence-corrected chi connectivity index (χ4v) is 4.88. The summed E-state index contributed by atoms with van der Waals surface area (Å²) in [6.45, 7) is 13.4. The molecule has 2 aromatic heterocycles. The number of anilines is 3. The lowest BCUT2D eigenvalue weighted by molar-refractivity contribution is 0.0240. The summed E-state index contributed by atoms with van der Waals surface area (Å²) < 4.78 is 16.1. The maximum Gasteiger partial charge on any atom is 0.412 e. The van der Waals surface area contributed by atoms with Gasteiger partial charge in [0.05, 0.1) is 35.0 Å². The first kappa shape index (κ1) is 31.4. The van der Waals surface area contributed by atoms with Crippen molar-refractivity contribution < 1.29 is 28.3 Å². The van der Waals surface area contributed by atoms with Crippen molar-refractivity contribution in [2.45, 2.75) is 52.7 Å². The molecule has 3 amide bonds. The summed E-state index contributed by atoms with van der Waals surface area (Å²) in [5.74, 6) is -0.386. The normalized spacial score (nSPS) is 13.8. The fraction of sp³-hybridized carbons (Fsp3) is 0.353. The smallest absolute Gasteiger partial charge is 0.412 e. The van der Waals surface area contributed by atoms with Crippen LogP contribution >= 0.6 is 0 Å². The van der Waals surface area contributed by atoms with Gasteiger partial charge in [-0.25, -0.2) is 9.59 Å². The van der Waals surface area contributed by atoms with Crippen molar-refractivity contribution in [3.63, 3.8) is 0 Å². The number of piperazine rings is 1. The van der Waals surface area contributed by atoms with Crippen molar-refractivity contribution in [2.24, 2.45) is 0 Å². The largest absolute Gasteiger partial charge is 0.472 e. The SMILES string of the molecule is CC(C)(C)OC(=O)Nc1ccc(-c2ccoc2)cc1NC(=O)c1cnc2cc(N3CCN(C(=O)OC(C)(C)C)CC3)ccc2c1. The van der Waals surface area contributed by atoms with Crippen LogP contribution in [0.5, 0.6) is 0 Å². The Morgan fingerprint density at radius 2 is 1.53 bits per heavy atom. The van der Waals surface area contributed by atoms with E-state index in [1.165, 1.54) is 6.20 Å². The Kier molecular flexibility index (Phi) is 8.72. The molecule has 0 saturated carbocycles. The standard InChI is InChI=1S/C34H39N5O6/c1-33(2,3)44-31(41)37-27-10-8-22(24-11-16-43-21-24)18-29(27)36-30(40)25-17-23-7-9-26(19-28(23)35-20-25)38-12-14-39(15-13-38)32(42)45-34(4,5)6/h7-11,16-21H,12-15H2,1-6H3,(H,36,40)(H,37,41). The predicted molar refractivity (Wildman–Crippen MR) is 174 cm³/mol. The minimum atomic E-state index is -0.685. The van der Waals surface area contributed by atoms with E-state index < -0.39 is 17.3 Å². The molecule has 0 spiro atoms. The summed E-state index contributed by atoms with van der Waals surface area (Å²) in [6, 6.07) is 14.8. The van der Waals surface area contributed by atoms with E-state index in [-0.39, 0.29) is 12.0 Å². The zero-order valence-electron chi connectivity index (χ0n) is 26.5. The van der Waals surface area contributed by atoms with Crippen LogP contribution in [0, 0.1) is 0 Å². The molecular weight excluding hydrogens is 574 g/mol. The van der Waals surface area contributed by atoms with Crippen LogP contribution in [-0.4, -0.2) is 65.4 Å². The molecule has 5 rings (SSSR count). The average Bonchev–Trinajstić information content (AvgIpc) is 3.51. The molecule has 0 aliphatic carbocycles. The van der Waals surface area contributed by atoms with E-state index in [2.05, 4.69) is 20.5 Å². The molecule has 0 radical (unpaired) electrons. The van der Waals surface area contributed by atoms with Gasteiger partial charge in [-0.15, -0.1) is 0 Å². The fourth-order valence-electron chi connectivity index (χ4n) is 4.88. The Morgan fingerprint density at radius 3 is 2.20 bits per heavy atom. The number of pyridine rings is 1. The molecular formula is C34H39N5O6. The van der Waals surface area contributed by atoms with Gasteiger partial charge in [-0.1, -0.05) is 12.1 Å². The molecule has 1 aliphatic heterocycles. The van der Waals surface area contributed by atoms with Crippen LogP contribution in [0.2, 0.25) is 0 Å². The second-order valence-electron chi connectivity index (χ2n) is 12.9. The van der Waals surface area contributed by atoms with Crippen molar-refractivity contribution in [3.8, 4) is 11.1 Å². The number of ether oxygens (including phenoxy) is 2. The van der Waals surface area contributed by atoms with E-state index in [0.29, 0.717) is 43.1 Å². The number of fused-ring (bicyclic) bond motifs is 1. The Hall–Kier alpha value is -5.06. The van der Waals surface area contributed by atoms with Crippen LogP contribution < -0.4 is 15.5 Å². The Morgan fingerprint density at radius 1 is 0.800 bits per heavy atom. The zero-order valence-corrected chi connectivity index (χ0v) is 26.5. The molecule has 236 valence electrons. The number of nitrogens with one attached hydrogen (secondary N) is 2. The van der Waals surface area contributed by atoms with Crippen LogP contribution in [0.1, 0.15) is 51.9 Å². The molecule has 11 heteroatoms. The van der Waals surface area contributed by atoms with Gasteiger partial charge >= 0.3 is 12.2 Å². The monoisotopic (exact) mass is 613 g/mol. The lowest BCUT2D eigenvalue weighted by Crippen LogP contribution is -2.50. The van der Waals surface area contributed by atoms with Gasteiger partial charge in [0.15, 0.2) is 0 Å². The van der Waals surface area contributed by atoms with Gasteiger partial charge in [-0.05, 0) is 83.5 Å². The summed E-state index contributed by atoms with van der Waals surface area (Å²) in [7, 11) is 0. The van der Waals surface area contributed by atoms with Gasteiger partial charge in [0.2, 0.25) is 0 Å². The van der Waals surface area contributed by atoms with Gasteiger partial charge in [0, 0.05) is 49.0 Å². The molecule has 2 N–H and O–H groups in total. The van der Waals surface area contributed by atoms with Gasteiger partial charge in [0.25, 0.3) is 5.91 Å². The van der Waals surface area contributed by atoms with Crippen LogP contribution in [0.3, 0.4) is 0 Å². The highest BCUT2D eigenvalue weighted by Crippen LogP contribution is 2.31. The van der Waals surface area contributed by atoms with Gasteiger partial charge in [-0.2, -0.15) is 0 Å². The summed E-state index contributed by atoms with van der Waals surface area (Å²) in [4.78, 5) is 46.9. The molecule has 2 aromatic carbocycles. The lowest BCUT2D eigenvalue weighted by atomic mass is 10.1. The number of carbonyl (C=O) groups is 3. The quantitative estimate of drug-likeness (QED) is 0.243. The van der Waals surface area contributed by atoms with Crippen molar-refractivity contribution >= 4 is 46.1 Å². The Balaban J connectivity index is 1.30. The minimum absolute atomic E-state index is 0.297. The van der Waals surface area contributed by atoms with Crippen LogP contribution in [0.25, 0.3) is 22.0 Å². The summed E-state index contributed by atoms with van der Waals surface area (Å²) in [6.07, 6.45) is 3.77. The molecule has 0 bridgehead atoms. The van der Waals surface area contributed by atoms with Gasteiger partial charge in [0.1, 0.15) is 11.2 Å². The van der Waals surface area contributed by atoms with E-state index in [1.54, 1.807) is 56.4 Å². The number of aromatic nitrogens is 1. The first-order chi connectivity index (χ1) is 21.2. The lowest BCUT2D eigenvalue weighted by Gasteiger charge is -2.36. The van der Waals surface area contributed by atoms with Crippen LogP contribution in [0.4, 0.5) is 26.7 Å². The first-order valence-corrected chi connectivity index (χ1v) is 14.8. The van der Waals surface area contributed by atoms with Crippen molar-refractivity contribution in [1.29, 1.82) is 0 Å². The molecule has 1 saturated heterocycles. The highest BCUT2D eigenvalue weighted by atomic mass is 16.6. The third kappa shape index (κ3) is 8.11. The highest BCUT2D eigenvalue weighted by molar-refractivity contribution is 6.08. The van der Waals surface area contributed by atoms with Crippen molar-refractivity contribution in [1.82, 2.24) is 9.88 Å². The predicted octanol–water partition coefficient (Wildman–Crippen LogP) is 7.15. The molecule has 11 nitrogen and oxygen atoms in total. The number of rotatable bonds is 5. The highest BCUT2D eigenvalue weighted by Gasteiger charge is 2.26. The number of nitrogens with zero attached hydrogens (tertiary/aromatic N) is 3. The van der Waals surface area contributed by atoms with Crippen molar-refractivity contribution in [3.05, 3.63) is 72.8 Å². The topological polar surface area (TPSA) is 126 Å². The zero-order chi connectivity index (χ0) is 32.4. The average molecular weight is 614 g/mol. The minimum Gasteiger partial charge on any atom is -0.472 e. The summed E-state index contributed by atoms with van der Waals surface area (Å²) >= 11 is 0. The second-order valence-corrected chi connectivity index (χ2v) is 12.9. The van der Waals surface area contributed by atoms with Crippen molar-refractivity contribution in [2.75, 3.05) is 41.7 Å². The molecule has 4 aromatic rings. The van der Waals surface area contributed by atoms with Gasteiger partial charge in [-0.3, -0.25) is 15.1 Å². The third-order valence-corrected chi connectivity index (χ3v) is 6.98. The van der Waals surface area contributed by atoms with E-state index in [0.717, 1.165) is 27.7 Å². The van der Waals surface area contributed by atoms with E-state index in [1.807, 2.05) is 51.1 Å². The van der Waals surface area contributed by atoms with Crippen LogP contribution in [0.15, 0.2) is 71.7 Å². The second kappa shape index (κ2) is 12.5. The Labute approximate surface area is 262 Å². The number of benzene rings is 2. The number of amides is 3. The third-order valence-electron chi connectivity index (χ3n) is 6.98. The van der Waals surface area contributed by atoms with Gasteiger partial charge < -0.3 is 29.0 Å².